The highest BCUT2D eigenvalue weighted by Crippen LogP contribution is 2.24. The normalized spacial score (nSPS) is 11.7. The van der Waals surface area contributed by atoms with Crippen LogP contribution >= 0.6 is 0 Å². The number of hydrogen-bond acceptors (Lipinski definition) is 3. The van der Waals surface area contributed by atoms with Gasteiger partial charge in [0.2, 0.25) is 0 Å². The van der Waals surface area contributed by atoms with E-state index in [2.05, 4.69) is 10.3 Å². The van der Waals surface area contributed by atoms with Crippen molar-refractivity contribution in [3.05, 3.63) is 30.0 Å². The topological polar surface area (TPSA) is 91.1 Å². The first-order chi connectivity index (χ1) is 8.43. The standard InChI is InChI=1S/C13H17N3O2/c1-13(2,7-14)16-12(18)9-6-8-4-3-5-10(17)11(8)15-9/h3-6,15,17H,7,14H2,1-2H3,(H,16,18). The maximum atomic E-state index is 12.0. The number of fused-ring (bicyclic) bond motifs is 1. The molecule has 5 N–H and O–H groups in total. The Labute approximate surface area is 105 Å². The Kier molecular flexibility index (Phi) is 3.00. The molecule has 96 valence electrons. The summed E-state index contributed by atoms with van der Waals surface area (Å²) in [5, 5.41) is 13.3. The van der Waals surface area contributed by atoms with Crippen LogP contribution in [0, 0.1) is 0 Å². The third kappa shape index (κ3) is 2.31. The maximum Gasteiger partial charge on any atom is 0.268 e. The Hall–Kier alpha value is -2.01. The number of H-pyrrole nitrogens is 1. The number of nitrogens with one attached hydrogen (secondary N) is 2. The number of nitrogens with two attached hydrogens (primary N) is 1. The first kappa shape index (κ1) is 12.4. The summed E-state index contributed by atoms with van der Waals surface area (Å²) in [6.07, 6.45) is 0. The van der Waals surface area contributed by atoms with Gasteiger partial charge in [0.05, 0.1) is 5.52 Å². The summed E-state index contributed by atoms with van der Waals surface area (Å²) in [5.74, 6) is -0.106. The van der Waals surface area contributed by atoms with E-state index in [1.807, 2.05) is 19.9 Å². The highest BCUT2D eigenvalue weighted by molar-refractivity contribution is 5.99. The number of benzene rings is 1. The number of phenols is 1. The molecule has 1 amide bonds. The third-order valence-corrected chi connectivity index (χ3v) is 2.84. The molecule has 0 aliphatic heterocycles. The highest BCUT2D eigenvalue weighted by Gasteiger charge is 2.20. The Balaban J connectivity index is 2.32. The van der Waals surface area contributed by atoms with Crippen molar-refractivity contribution in [2.24, 2.45) is 5.73 Å². The van der Waals surface area contributed by atoms with Crippen LogP contribution in [-0.4, -0.2) is 28.1 Å². The molecule has 0 aliphatic rings. The molecular weight excluding hydrogens is 230 g/mol. The molecule has 0 aliphatic carbocycles. The van der Waals surface area contributed by atoms with E-state index in [9.17, 15) is 9.90 Å². The first-order valence-corrected chi connectivity index (χ1v) is 5.76. The van der Waals surface area contributed by atoms with Crippen molar-refractivity contribution in [2.75, 3.05) is 6.54 Å². The summed E-state index contributed by atoms with van der Waals surface area (Å²) in [6.45, 7) is 4.06. The molecule has 5 heteroatoms. The number of amides is 1. The second kappa shape index (κ2) is 4.34. The van der Waals surface area contributed by atoms with Gasteiger partial charge in [0.15, 0.2) is 0 Å². The summed E-state index contributed by atoms with van der Waals surface area (Å²) in [4.78, 5) is 14.9. The van der Waals surface area contributed by atoms with Gasteiger partial charge in [-0.15, -0.1) is 0 Å². The van der Waals surface area contributed by atoms with E-state index in [1.54, 1.807) is 18.2 Å². The zero-order chi connectivity index (χ0) is 13.3. The minimum absolute atomic E-state index is 0.129. The SMILES string of the molecule is CC(C)(CN)NC(=O)c1cc2cccc(O)c2[nH]1. The minimum atomic E-state index is -0.462. The number of aromatic hydroxyl groups is 1. The van der Waals surface area contributed by atoms with Crippen LogP contribution in [0.3, 0.4) is 0 Å². The molecule has 0 saturated heterocycles. The van der Waals surface area contributed by atoms with Crippen LogP contribution in [0.4, 0.5) is 0 Å². The Morgan fingerprint density at radius 2 is 2.22 bits per heavy atom. The van der Waals surface area contributed by atoms with E-state index in [0.717, 1.165) is 5.39 Å². The van der Waals surface area contributed by atoms with Crippen molar-refractivity contribution in [3.63, 3.8) is 0 Å². The van der Waals surface area contributed by atoms with Crippen molar-refractivity contribution >= 4 is 16.8 Å². The number of hydrogen-bond donors (Lipinski definition) is 4. The smallest absolute Gasteiger partial charge is 0.268 e. The molecular formula is C13H17N3O2. The van der Waals surface area contributed by atoms with Crippen molar-refractivity contribution in [3.8, 4) is 5.75 Å². The molecule has 1 aromatic carbocycles. The quantitative estimate of drug-likeness (QED) is 0.659. The number of carbonyl (C=O) groups is 1. The Bertz CT molecular complexity index is 587. The van der Waals surface area contributed by atoms with Gasteiger partial charge in [0.25, 0.3) is 5.91 Å². The van der Waals surface area contributed by atoms with Crippen molar-refractivity contribution in [1.29, 1.82) is 0 Å². The lowest BCUT2D eigenvalue weighted by atomic mass is 10.1. The van der Waals surface area contributed by atoms with Crippen molar-refractivity contribution in [2.45, 2.75) is 19.4 Å². The second-order valence-corrected chi connectivity index (χ2v) is 4.97. The molecule has 5 nitrogen and oxygen atoms in total. The fraction of sp³-hybridized carbons (Fsp3) is 0.308. The Morgan fingerprint density at radius 3 is 2.83 bits per heavy atom. The molecule has 1 heterocycles. The van der Waals surface area contributed by atoms with E-state index >= 15 is 0 Å². The number of aromatic amines is 1. The number of rotatable bonds is 3. The molecule has 2 aromatic rings. The molecule has 1 aromatic heterocycles. The van der Waals surface area contributed by atoms with Crippen molar-refractivity contribution in [1.82, 2.24) is 10.3 Å². The number of carbonyl (C=O) groups excluding carboxylic acids is 1. The predicted molar refractivity (Wildman–Crippen MR) is 70.6 cm³/mol. The lowest BCUT2D eigenvalue weighted by Crippen LogP contribution is -2.48. The van der Waals surface area contributed by atoms with Gasteiger partial charge < -0.3 is 21.1 Å². The van der Waals surface area contributed by atoms with Gasteiger partial charge in [-0.25, -0.2) is 0 Å². The van der Waals surface area contributed by atoms with Crippen LogP contribution in [0.1, 0.15) is 24.3 Å². The van der Waals surface area contributed by atoms with Crippen LogP contribution in [0.25, 0.3) is 10.9 Å². The van der Waals surface area contributed by atoms with Gasteiger partial charge >= 0.3 is 0 Å². The van der Waals surface area contributed by atoms with Gasteiger partial charge in [-0.1, -0.05) is 12.1 Å². The Morgan fingerprint density at radius 1 is 1.50 bits per heavy atom. The number of aromatic nitrogens is 1. The molecule has 0 spiro atoms. The molecule has 0 radical (unpaired) electrons. The third-order valence-electron chi connectivity index (χ3n) is 2.84. The molecule has 0 atom stereocenters. The van der Waals surface area contributed by atoms with E-state index in [1.165, 1.54) is 0 Å². The molecule has 0 bridgehead atoms. The monoisotopic (exact) mass is 247 g/mol. The van der Waals surface area contributed by atoms with Crippen LogP contribution in [0.15, 0.2) is 24.3 Å². The van der Waals surface area contributed by atoms with E-state index in [4.69, 9.17) is 5.73 Å². The largest absolute Gasteiger partial charge is 0.506 e. The van der Waals surface area contributed by atoms with Gasteiger partial charge in [-0.3, -0.25) is 4.79 Å². The molecule has 2 rings (SSSR count). The van der Waals surface area contributed by atoms with Gasteiger partial charge in [-0.05, 0) is 26.0 Å². The van der Waals surface area contributed by atoms with Gasteiger partial charge in [-0.2, -0.15) is 0 Å². The van der Waals surface area contributed by atoms with Crippen LogP contribution in [-0.2, 0) is 0 Å². The van der Waals surface area contributed by atoms with Crippen LogP contribution in [0.5, 0.6) is 5.75 Å². The maximum absolute atomic E-state index is 12.0. The molecule has 0 fully saturated rings. The first-order valence-electron chi connectivity index (χ1n) is 5.76. The number of para-hydroxylation sites is 1. The van der Waals surface area contributed by atoms with Crippen molar-refractivity contribution < 1.29 is 9.90 Å². The summed E-state index contributed by atoms with van der Waals surface area (Å²) in [5.41, 5.74) is 6.08. The summed E-state index contributed by atoms with van der Waals surface area (Å²) < 4.78 is 0. The molecule has 18 heavy (non-hydrogen) atoms. The van der Waals surface area contributed by atoms with E-state index in [-0.39, 0.29) is 11.7 Å². The lowest BCUT2D eigenvalue weighted by Gasteiger charge is -2.23. The summed E-state index contributed by atoms with van der Waals surface area (Å²) >= 11 is 0. The van der Waals surface area contributed by atoms with Crippen LogP contribution in [0.2, 0.25) is 0 Å². The summed E-state index contributed by atoms with van der Waals surface area (Å²) in [7, 11) is 0. The molecule has 0 saturated carbocycles. The zero-order valence-electron chi connectivity index (χ0n) is 10.4. The molecule has 0 unspecified atom stereocenters. The highest BCUT2D eigenvalue weighted by atomic mass is 16.3. The van der Waals surface area contributed by atoms with E-state index < -0.39 is 5.54 Å². The van der Waals surface area contributed by atoms with Gasteiger partial charge in [0.1, 0.15) is 11.4 Å². The minimum Gasteiger partial charge on any atom is -0.506 e. The predicted octanol–water partition coefficient (Wildman–Crippen LogP) is 1.34. The van der Waals surface area contributed by atoms with E-state index in [0.29, 0.717) is 17.8 Å². The zero-order valence-corrected chi connectivity index (χ0v) is 10.4. The lowest BCUT2D eigenvalue weighted by molar-refractivity contribution is 0.0911. The average Bonchev–Trinajstić information content (AvgIpc) is 2.74. The van der Waals surface area contributed by atoms with Crippen LogP contribution < -0.4 is 11.1 Å². The average molecular weight is 247 g/mol. The fourth-order valence-electron chi connectivity index (χ4n) is 1.69. The fourth-order valence-corrected chi connectivity index (χ4v) is 1.69. The van der Waals surface area contributed by atoms with Gasteiger partial charge in [0, 0.05) is 17.5 Å². The second-order valence-electron chi connectivity index (χ2n) is 4.97. The summed E-state index contributed by atoms with van der Waals surface area (Å²) in [6, 6.07) is 6.84. The number of phenolic OH excluding ortho intramolecular Hbond substituents is 1.